The van der Waals surface area contributed by atoms with Gasteiger partial charge in [0.05, 0.1) is 16.8 Å². The van der Waals surface area contributed by atoms with Crippen molar-refractivity contribution in [3.63, 3.8) is 0 Å². The molecule has 0 aliphatic heterocycles. The minimum Gasteiger partial charge on any atom is -0.333 e. The number of para-hydroxylation sites is 3. The first-order valence-corrected chi connectivity index (χ1v) is 9.30. The Balaban J connectivity index is 1.45. The number of carbonyl (C=O) groups is 1. The molecule has 4 nitrogen and oxygen atoms in total. The van der Waals surface area contributed by atoms with Crippen LogP contribution in [0.5, 0.6) is 0 Å². The Kier molecular flexibility index (Phi) is 4.71. The van der Waals surface area contributed by atoms with Gasteiger partial charge in [-0.15, -0.1) is 0 Å². The van der Waals surface area contributed by atoms with E-state index in [1.54, 1.807) is 0 Å². The van der Waals surface area contributed by atoms with Crippen molar-refractivity contribution in [1.29, 1.82) is 0 Å². The van der Waals surface area contributed by atoms with Gasteiger partial charge in [-0.1, -0.05) is 72.4 Å². The van der Waals surface area contributed by atoms with E-state index in [1.165, 1.54) is 11.8 Å². The van der Waals surface area contributed by atoms with Gasteiger partial charge in [-0.3, -0.25) is 4.79 Å². The van der Waals surface area contributed by atoms with Crippen LogP contribution in [0.3, 0.4) is 0 Å². The van der Waals surface area contributed by atoms with Crippen molar-refractivity contribution in [3.8, 4) is 11.1 Å². The lowest BCUT2D eigenvalue weighted by Crippen LogP contribution is -2.14. The Morgan fingerprint density at radius 3 is 2.50 bits per heavy atom. The van der Waals surface area contributed by atoms with Crippen molar-refractivity contribution < 1.29 is 4.79 Å². The van der Waals surface area contributed by atoms with Gasteiger partial charge in [0.2, 0.25) is 5.91 Å². The van der Waals surface area contributed by atoms with Crippen LogP contribution in [-0.4, -0.2) is 21.6 Å². The smallest absolute Gasteiger partial charge is 0.234 e. The number of amides is 1. The van der Waals surface area contributed by atoms with Gasteiger partial charge in [-0.2, -0.15) is 0 Å². The number of fused-ring (bicyclic) bond motifs is 1. The normalized spacial score (nSPS) is 10.8. The lowest BCUT2D eigenvalue weighted by molar-refractivity contribution is -0.113. The summed E-state index contributed by atoms with van der Waals surface area (Å²) < 4.78 is 0. The second-order valence-electron chi connectivity index (χ2n) is 5.81. The van der Waals surface area contributed by atoms with E-state index < -0.39 is 0 Å². The highest BCUT2D eigenvalue weighted by Gasteiger charge is 2.10. The van der Waals surface area contributed by atoms with Crippen LogP contribution in [0.4, 0.5) is 5.69 Å². The van der Waals surface area contributed by atoms with E-state index >= 15 is 0 Å². The van der Waals surface area contributed by atoms with E-state index in [4.69, 9.17) is 0 Å². The molecule has 4 rings (SSSR count). The quantitative estimate of drug-likeness (QED) is 0.495. The number of aromatic nitrogens is 2. The maximum absolute atomic E-state index is 12.4. The van der Waals surface area contributed by atoms with E-state index in [9.17, 15) is 4.79 Å². The fraction of sp³-hybridized carbons (Fsp3) is 0.0476. The van der Waals surface area contributed by atoms with Crippen LogP contribution >= 0.6 is 11.8 Å². The summed E-state index contributed by atoms with van der Waals surface area (Å²) in [6, 6.07) is 25.7. The number of imidazole rings is 1. The number of hydrogen-bond donors (Lipinski definition) is 2. The molecule has 0 atom stereocenters. The first-order valence-electron chi connectivity index (χ1n) is 8.31. The molecule has 26 heavy (non-hydrogen) atoms. The highest BCUT2D eigenvalue weighted by molar-refractivity contribution is 7.99. The van der Waals surface area contributed by atoms with Crippen molar-refractivity contribution >= 4 is 34.4 Å². The molecular weight excluding hydrogens is 342 g/mol. The molecule has 0 bridgehead atoms. The summed E-state index contributed by atoms with van der Waals surface area (Å²) in [6.07, 6.45) is 0. The fourth-order valence-electron chi connectivity index (χ4n) is 2.78. The van der Waals surface area contributed by atoms with Crippen LogP contribution in [0.1, 0.15) is 0 Å². The first-order chi connectivity index (χ1) is 12.8. The molecule has 0 unspecified atom stereocenters. The standard InChI is InChI=1S/C21H17N3OS/c25-20(14-26-21-23-18-12-6-7-13-19(18)24-21)22-17-11-5-4-10-16(17)15-8-2-1-3-9-15/h1-13H,14H2,(H,22,25)(H,23,24). The Hall–Kier alpha value is -3.05. The average Bonchev–Trinajstić information content (AvgIpc) is 3.11. The monoisotopic (exact) mass is 359 g/mol. The number of nitrogens with one attached hydrogen (secondary N) is 2. The van der Waals surface area contributed by atoms with Crippen LogP contribution in [0.15, 0.2) is 84.0 Å². The summed E-state index contributed by atoms with van der Waals surface area (Å²) in [5.41, 5.74) is 4.78. The minimum absolute atomic E-state index is 0.0566. The maximum Gasteiger partial charge on any atom is 0.234 e. The van der Waals surface area contributed by atoms with Crippen LogP contribution in [0.25, 0.3) is 22.2 Å². The molecule has 0 saturated heterocycles. The number of rotatable bonds is 5. The Bertz CT molecular complexity index is 1010. The molecule has 0 saturated carbocycles. The summed E-state index contributed by atoms with van der Waals surface area (Å²) in [5, 5.41) is 3.76. The van der Waals surface area contributed by atoms with Crippen molar-refractivity contribution in [1.82, 2.24) is 9.97 Å². The van der Waals surface area contributed by atoms with E-state index in [0.29, 0.717) is 5.75 Å². The van der Waals surface area contributed by atoms with Crippen LogP contribution in [0.2, 0.25) is 0 Å². The number of aromatic amines is 1. The first kappa shape index (κ1) is 16.4. The van der Waals surface area contributed by atoms with Gasteiger partial charge in [-0.05, 0) is 23.8 Å². The van der Waals surface area contributed by atoms with E-state index in [2.05, 4.69) is 15.3 Å². The zero-order chi connectivity index (χ0) is 17.8. The zero-order valence-electron chi connectivity index (χ0n) is 14.0. The van der Waals surface area contributed by atoms with Crippen LogP contribution < -0.4 is 5.32 Å². The molecule has 1 heterocycles. The van der Waals surface area contributed by atoms with Crippen molar-refractivity contribution in [3.05, 3.63) is 78.9 Å². The van der Waals surface area contributed by atoms with Gasteiger partial charge in [0.1, 0.15) is 0 Å². The third-order valence-corrected chi connectivity index (χ3v) is 4.87. The third kappa shape index (κ3) is 3.63. The Labute approximate surface area is 155 Å². The number of benzene rings is 3. The predicted molar refractivity (Wildman–Crippen MR) is 107 cm³/mol. The molecular formula is C21H17N3OS. The summed E-state index contributed by atoms with van der Waals surface area (Å²) in [5.74, 6) is 0.238. The number of carbonyl (C=O) groups excluding carboxylic acids is 1. The number of anilines is 1. The van der Waals surface area contributed by atoms with Crippen molar-refractivity contribution in [2.45, 2.75) is 5.16 Å². The van der Waals surface area contributed by atoms with E-state index in [1.807, 2.05) is 78.9 Å². The van der Waals surface area contributed by atoms with E-state index in [-0.39, 0.29) is 5.91 Å². The summed E-state index contributed by atoms with van der Waals surface area (Å²) in [6.45, 7) is 0. The van der Waals surface area contributed by atoms with Gasteiger partial charge in [0.15, 0.2) is 5.16 Å². The molecule has 0 aliphatic rings. The number of hydrogen-bond acceptors (Lipinski definition) is 3. The Morgan fingerprint density at radius 1 is 0.923 bits per heavy atom. The maximum atomic E-state index is 12.4. The van der Waals surface area contributed by atoms with Gasteiger partial charge >= 0.3 is 0 Å². The second-order valence-corrected chi connectivity index (χ2v) is 6.77. The lowest BCUT2D eigenvalue weighted by atomic mass is 10.0. The molecule has 0 radical (unpaired) electrons. The molecule has 128 valence electrons. The SMILES string of the molecule is O=C(CSc1nc2ccccc2[nH]1)Nc1ccccc1-c1ccccc1. The topological polar surface area (TPSA) is 57.8 Å². The Morgan fingerprint density at radius 2 is 1.65 bits per heavy atom. The van der Waals surface area contributed by atoms with Crippen LogP contribution in [-0.2, 0) is 4.79 Å². The third-order valence-electron chi connectivity index (χ3n) is 3.99. The molecule has 3 aromatic carbocycles. The predicted octanol–water partition coefficient (Wildman–Crippen LogP) is 4.96. The lowest BCUT2D eigenvalue weighted by Gasteiger charge is -2.11. The van der Waals surface area contributed by atoms with Gasteiger partial charge in [0.25, 0.3) is 0 Å². The summed E-state index contributed by atoms with van der Waals surface area (Å²) in [7, 11) is 0. The number of thioether (sulfide) groups is 1. The van der Waals surface area contributed by atoms with E-state index in [0.717, 1.165) is 33.0 Å². The van der Waals surface area contributed by atoms with Gasteiger partial charge in [-0.25, -0.2) is 4.98 Å². The molecule has 0 spiro atoms. The van der Waals surface area contributed by atoms with Crippen molar-refractivity contribution in [2.75, 3.05) is 11.1 Å². The molecule has 1 aromatic heterocycles. The fourth-order valence-corrected chi connectivity index (χ4v) is 3.46. The summed E-state index contributed by atoms with van der Waals surface area (Å²) in [4.78, 5) is 20.1. The average molecular weight is 359 g/mol. The minimum atomic E-state index is -0.0566. The second kappa shape index (κ2) is 7.45. The highest BCUT2D eigenvalue weighted by Crippen LogP contribution is 2.28. The molecule has 1 amide bonds. The van der Waals surface area contributed by atoms with Gasteiger partial charge in [0, 0.05) is 11.3 Å². The summed E-state index contributed by atoms with van der Waals surface area (Å²) >= 11 is 1.40. The van der Waals surface area contributed by atoms with Crippen LogP contribution in [0, 0.1) is 0 Å². The molecule has 0 aliphatic carbocycles. The van der Waals surface area contributed by atoms with Crippen molar-refractivity contribution in [2.24, 2.45) is 0 Å². The molecule has 4 aromatic rings. The largest absolute Gasteiger partial charge is 0.333 e. The van der Waals surface area contributed by atoms with Gasteiger partial charge < -0.3 is 10.3 Å². The number of nitrogens with zero attached hydrogens (tertiary/aromatic N) is 1. The molecule has 2 N–H and O–H groups in total. The zero-order valence-corrected chi connectivity index (χ0v) is 14.8. The molecule has 0 fully saturated rings. The number of H-pyrrole nitrogens is 1. The molecule has 5 heteroatoms. The highest BCUT2D eigenvalue weighted by atomic mass is 32.2.